The van der Waals surface area contributed by atoms with Crippen LogP contribution in [0, 0.1) is 6.92 Å². The molecule has 0 N–H and O–H groups in total. The zero-order valence-electron chi connectivity index (χ0n) is 12.3. The first kappa shape index (κ1) is 14.0. The summed E-state index contributed by atoms with van der Waals surface area (Å²) in [5.74, 6) is 0.652. The molecule has 2 heterocycles. The van der Waals surface area contributed by atoms with Crippen molar-refractivity contribution in [3.63, 3.8) is 0 Å². The van der Waals surface area contributed by atoms with Crippen LogP contribution in [0.2, 0.25) is 0 Å². The normalized spacial score (nSPS) is 10.6. The van der Waals surface area contributed by atoms with Gasteiger partial charge in [0.2, 0.25) is 0 Å². The van der Waals surface area contributed by atoms with Gasteiger partial charge >= 0.3 is 0 Å². The van der Waals surface area contributed by atoms with Crippen LogP contribution in [-0.2, 0) is 6.54 Å². The van der Waals surface area contributed by atoms with Gasteiger partial charge in [-0.2, -0.15) is 5.10 Å². The number of hydrogen-bond acceptors (Lipinski definition) is 5. The number of carbonyl (C=O) groups is 1. The molecule has 0 aliphatic carbocycles. The van der Waals surface area contributed by atoms with Crippen molar-refractivity contribution in [1.29, 1.82) is 0 Å². The number of aryl methyl sites for hydroxylation is 1. The average molecular weight is 297 g/mol. The lowest BCUT2D eigenvalue weighted by Gasteiger charge is -2.15. The van der Waals surface area contributed by atoms with E-state index in [1.165, 1.54) is 6.33 Å². The van der Waals surface area contributed by atoms with Gasteiger partial charge in [0.25, 0.3) is 5.91 Å². The number of amides is 1. The molecule has 0 atom stereocenters. The Morgan fingerprint density at radius 1 is 1.32 bits per heavy atom. The Kier molecular flexibility index (Phi) is 3.69. The SMILES string of the molecule is Cc1cc(CN(C)C(=O)c2ccc(-n3cncn3)cc2)no1. The van der Waals surface area contributed by atoms with Crippen LogP contribution in [0.15, 0.2) is 47.5 Å². The van der Waals surface area contributed by atoms with Crippen molar-refractivity contribution in [1.82, 2.24) is 24.8 Å². The second-order valence-electron chi connectivity index (χ2n) is 4.98. The van der Waals surface area contributed by atoms with E-state index in [1.807, 2.05) is 25.1 Å². The molecule has 1 amide bonds. The van der Waals surface area contributed by atoms with E-state index < -0.39 is 0 Å². The summed E-state index contributed by atoms with van der Waals surface area (Å²) in [5, 5.41) is 7.94. The minimum absolute atomic E-state index is 0.0780. The van der Waals surface area contributed by atoms with Gasteiger partial charge in [0.1, 0.15) is 24.1 Å². The molecule has 22 heavy (non-hydrogen) atoms. The highest BCUT2D eigenvalue weighted by molar-refractivity contribution is 5.94. The van der Waals surface area contributed by atoms with Crippen LogP contribution in [0.3, 0.4) is 0 Å². The van der Waals surface area contributed by atoms with Gasteiger partial charge < -0.3 is 9.42 Å². The highest BCUT2D eigenvalue weighted by Gasteiger charge is 2.14. The predicted octanol–water partition coefficient (Wildman–Crippen LogP) is 1.84. The van der Waals surface area contributed by atoms with Gasteiger partial charge in [-0.1, -0.05) is 5.16 Å². The molecule has 7 nitrogen and oxygen atoms in total. The Bertz CT molecular complexity index is 762. The largest absolute Gasteiger partial charge is 0.361 e. The summed E-state index contributed by atoms with van der Waals surface area (Å²) >= 11 is 0. The highest BCUT2D eigenvalue weighted by atomic mass is 16.5. The van der Waals surface area contributed by atoms with Crippen molar-refractivity contribution in [3.8, 4) is 5.69 Å². The van der Waals surface area contributed by atoms with E-state index in [2.05, 4.69) is 15.2 Å². The number of aromatic nitrogens is 4. The van der Waals surface area contributed by atoms with Gasteiger partial charge in [-0.3, -0.25) is 4.79 Å². The second-order valence-corrected chi connectivity index (χ2v) is 4.98. The number of rotatable bonds is 4. The van der Waals surface area contributed by atoms with Crippen molar-refractivity contribution in [2.24, 2.45) is 0 Å². The molecule has 0 unspecified atom stereocenters. The lowest BCUT2D eigenvalue weighted by atomic mass is 10.2. The molecule has 0 spiro atoms. The molecule has 0 aliphatic heterocycles. The Morgan fingerprint density at radius 3 is 2.68 bits per heavy atom. The van der Waals surface area contributed by atoms with Crippen LogP contribution in [0.5, 0.6) is 0 Å². The molecule has 2 aromatic heterocycles. The molecule has 0 saturated carbocycles. The van der Waals surface area contributed by atoms with Crippen LogP contribution in [0.25, 0.3) is 5.69 Å². The van der Waals surface area contributed by atoms with Crippen molar-refractivity contribution < 1.29 is 9.32 Å². The highest BCUT2D eigenvalue weighted by Crippen LogP contribution is 2.12. The first-order valence-electron chi connectivity index (χ1n) is 6.76. The molecular weight excluding hydrogens is 282 g/mol. The average Bonchev–Trinajstić information content (AvgIpc) is 3.18. The summed E-state index contributed by atoms with van der Waals surface area (Å²) in [4.78, 5) is 17.9. The molecule has 112 valence electrons. The first-order valence-corrected chi connectivity index (χ1v) is 6.76. The summed E-state index contributed by atoms with van der Waals surface area (Å²) in [5.41, 5.74) is 2.18. The smallest absolute Gasteiger partial charge is 0.253 e. The first-order chi connectivity index (χ1) is 10.6. The summed E-state index contributed by atoms with van der Waals surface area (Å²) in [7, 11) is 1.73. The maximum atomic E-state index is 12.4. The molecule has 0 fully saturated rings. The third kappa shape index (κ3) is 2.88. The van der Waals surface area contributed by atoms with Crippen LogP contribution in [0.1, 0.15) is 21.8 Å². The molecule has 0 bridgehead atoms. The zero-order chi connectivity index (χ0) is 15.5. The Balaban J connectivity index is 1.71. The third-order valence-electron chi connectivity index (χ3n) is 3.22. The molecule has 0 saturated heterocycles. The van der Waals surface area contributed by atoms with Gasteiger partial charge in [0.15, 0.2) is 0 Å². The zero-order valence-corrected chi connectivity index (χ0v) is 12.3. The van der Waals surface area contributed by atoms with Gasteiger partial charge in [0, 0.05) is 18.7 Å². The minimum Gasteiger partial charge on any atom is -0.361 e. The fraction of sp³-hybridized carbons (Fsp3) is 0.200. The monoisotopic (exact) mass is 297 g/mol. The Hall–Kier alpha value is -2.96. The summed E-state index contributed by atoms with van der Waals surface area (Å²) in [6, 6.07) is 9.01. The maximum absolute atomic E-state index is 12.4. The van der Waals surface area contributed by atoms with Crippen LogP contribution >= 0.6 is 0 Å². The van der Waals surface area contributed by atoms with Crippen LogP contribution < -0.4 is 0 Å². The third-order valence-corrected chi connectivity index (χ3v) is 3.22. The van der Waals surface area contributed by atoms with Crippen LogP contribution in [-0.4, -0.2) is 37.8 Å². The van der Waals surface area contributed by atoms with Crippen molar-refractivity contribution in [3.05, 3.63) is 60.0 Å². The number of hydrogen-bond donors (Lipinski definition) is 0. The van der Waals surface area contributed by atoms with Crippen LogP contribution in [0.4, 0.5) is 0 Å². The van der Waals surface area contributed by atoms with E-state index in [1.54, 1.807) is 35.1 Å². The summed E-state index contributed by atoms with van der Waals surface area (Å²) in [6.45, 7) is 2.22. The van der Waals surface area contributed by atoms with Gasteiger partial charge in [-0.25, -0.2) is 9.67 Å². The van der Waals surface area contributed by atoms with E-state index in [0.717, 1.165) is 17.1 Å². The van der Waals surface area contributed by atoms with E-state index in [0.29, 0.717) is 12.1 Å². The number of nitrogens with zero attached hydrogens (tertiary/aromatic N) is 5. The van der Waals surface area contributed by atoms with Gasteiger partial charge in [0.05, 0.1) is 12.2 Å². The summed E-state index contributed by atoms with van der Waals surface area (Å²) < 4.78 is 6.64. The van der Waals surface area contributed by atoms with Crippen molar-refractivity contribution in [2.45, 2.75) is 13.5 Å². The van der Waals surface area contributed by atoms with E-state index in [9.17, 15) is 4.79 Å². The molecule has 7 heteroatoms. The fourth-order valence-electron chi connectivity index (χ4n) is 2.13. The molecule has 0 aliphatic rings. The quantitative estimate of drug-likeness (QED) is 0.734. The van der Waals surface area contributed by atoms with Crippen molar-refractivity contribution in [2.75, 3.05) is 7.05 Å². The number of benzene rings is 1. The van der Waals surface area contributed by atoms with Crippen molar-refractivity contribution >= 4 is 5.91 Å². The topological polar surface area (TPSA) is 77.1 Å². The molecule has 0 radical (unpaired) electrons. The molecular formula is C15H15N5O2. The lowest BCUT2D eigenvalue weighted by molar-refractivity contribution is 0.0782. The molecule has 3 rings (SSSR count). The van der Waals surface area contributed by atoms with Gasteiger partial charge in [-0.15, -0.1) is 0 Å². The predicted molar refractivity (Wildman–Crippen MR) is 78.4 cm³/mol. The van der Waals surface area contributed by atoms with Gasteiger partial charge in [-0.05, 0) is 31.2 Å². The molecule has 3 aromatic rings. The standard InChI is InChI=1S/C15H15N5O2/c1-11-7-13(18-22-11)8-19(2)15(21)12-3-5-14(6-4-12)20-10-16-9-17-20/h3-7,9-10H,8H2,1-2H3. The van der Waals surface area contributed by atoms with E-state index >= 15 is 0 Å². The Morgan fingerprint density at radius 2 is 2.09 bits per heavy atom. The number of carbonyl (C=O) groups excluding carboxylic acids is 1. The lowest BCUT2D eigenvalue weighted by Crippen LogP contribution is -2.26. The molecule has 1 aromatic carbocycles. The maximum Gasteiger partial charge on any atom is 0.253 e. The fourth-order valence-corrected chi connectivity index (χ4v) is 2.13. The summed E-state index contributed by atoms with van der Waals surface area (Å²) in [6.07, 6.45) is 3.07. The Labute approximate surface area is 127 Å². The van der Waals surface area contributed by atoms with E-state index in [-0.39, 0.29) is 5.91 Å². The van der Waals surface area contributed by atoms with E-state index in [4.69, 9.17) is 4.52 Å². The second kappa shape index (κ2) is 5.80. The minimum atomic E-state index is -0.0780.